The molecule has 0 spiro atoms. The topological polar surface area (TPSA) is 50.9 Å². The number of halogens is 2. The standard InChI is InChI=1S/C10H9BrFN3O/c1-6(16)9-5-15(14-13-9)10-3-2-7(11)4-8(10)12/h2-6,16H,1H3. The second-order valence-electron chi connectivity index (χ2n) is 3.36. The Balaban J connectivity index is 2.42. The molecule has 1 aromatic heterocycles. The summed E-state index contributed by atoms with van der Waals surface area (Å²) in [5.41, 5.74) is 0.699. The quantitative estimate of drug-likeness (QED) is 0.921. The molecule has 0 radical (unpaired) electrons. The minimum absolute atomic E-state index is 0.294. The van der Waals surface area contributed by atoms with Crippen molar-refractivity contribution in [2.75, 3.05) is 0 Å². The third kappa shape index (κ3) is 2.12. The highest BCUT2D eigenvalue weighted by atomic mass is 79.9. The van der Waals surface area contributed by atoms with Gasteiger partial charge >= 0.3 is 0 Å². The largest absolute Gasteiger partial charge is 0.387 e. The summed E-state index contributed by atoms with van der Waals surface area (Å²) in [6.07, 6.45) is 0.782. The van der Waals surface area contributed by atoms with Crippen LogP contribution >= 0.6 is 15.9 Å². The molecule has 16 heavy (non-hydrogen) atoms. The number of aliphatic hydroxyl groups is 1. The first-order chi connectivity index (χ1) is 7.58. The lowest BCUT2D eigenvalue weighted by atomic mass is 10.3. The maximum absolute atomic E-state index is 13.6. The van der Waals surface area contributed by atoms with E-state index in [0.29, 0.717) is 15.9 Å². The van der Waals surface area contributed by atoms with Crippen molar-refractivity contribution in [3.05, 3.63) is 40.4 Å². The normalized spacial score (nSPS) is 12.8. The Labute approximate surface area is 99.8 Å². The summed E-state index contributed by atoms with van der Waals surface area (Å²) in [5.74, 6) is -0.406. The number of nitrogens with zero attached hydrogens (tertiary/aromatic N) is 3. The fraction of sp³-hybridized carbons (Fsp3) is 0.200. The summed E-state index contributed by atoms with van der Waals surface area (Å²) in [6, 6.07) is 4.64. The van der Waals surface area contributed by atoms with E-state index < -0.39 is 11.9 Å². The first-order valence-electron chi connectivity index (χ1n) is 4.63. The average Bonchev–Trinajstić information content (AvgIpc) is 2.66. The summed E-state index contributed by atoms with van der Waals surface area (Å²) in [4.78, 5) is 0. The van der Waals surface area contributed by atoms with Gasteiger partial charge in [0.05, 0.1) is 12.3 Å². The predicted octanol–water partition coefficient (Wildman–Crippen LogP) is 2.22. The number of hydrogen-bond donors (Lipinski definition) is 1. The van der Waals surface area contributed by atoms with Crippen LogP contribution in [-0.2, 0) is 0 Å². The van der Waals surface area contributed by atoms with Crippen molar-refractivity contribution in [3.63, 3.8) is 0 Å². The molecule has 4 nitrogen and oxygen atoms in total. The molecule has 0 saturated heterocycles. The molecule has 1 unspecified atom stereocenters. The smallest absolute Gasteiger partial charge is 0.150 e. The van der Waals surface area contributed by atoms with Gasteiger partial charge in [0.2, 0.25) is 0 Å². The summed E-state index contributed by atoms with van der Waals surface area (Å²) in [7, 11) is 0. The lowest BCUT2D eigenvalue weighted by molar-refractivity contribution is 0.194. The third-order valence-electron chi connectivity index (χ3n) is 2.10. The maximum atomic E-state index is 13.6. The molecule has 1 atom stereocenters. The summed E-state index contributed by atoms with van der Waals surface area (Å²) < 4.78 is 15.5. The molecule has 0 aliphatic rings. The van der Waals surface area contributed by atoms with E-state index in [-0.39, 0.29) is 0 Å². The van der Waals surface area contributed by atoms with Crippen molar-refractivity contribution < 1.29 is 9.50 Å². The summed E-state index contributed by atoms with van der Waals surface area (Å²) >= 11 is 3.17. The zero-order valence-electron chi connectivity index (χ0n) is 8.43. The Hall–Kier alpha value is -1.27. The van der Waals surface area contributed by atoms with Crippen LogP contribution in [-0.4, -0.2) is 20.1 Å². The first kappa shape index (κ1) is 11.2. The molecule has 0 fully saturated rings. The van der Waals surface area contributed by atoms with Gasteiger partial charge in [-0.05, 0) is 25.1 Å². The molecular weight excluding hydrogens is 277 g/mol. The third-order valence-corrected chi connectivity index (χ3v) is 2.59. The maximum Gasteiger partial charge on any atom is 0.150 e. The fourth-order valence-electron chi connectivity index (χ4n) is 1.25. The average molecular weight is 286 g/mol. The van der Waals surface area contributed by atoms with E-state index in [9.17, 15) is 9.50 Å². The van der Waals surface area contributed by atoms with E-state index in [2.05, 4.69) is 26.2 Å². The van der Waals surface area contributed by atoms with Crippen molar-refractivity contribution in [2.45, 2.75) is 13.0 Å². The molecule has 1 aromatic carbocycles. The fourth-order valence-corrected chi connectivity index (χ4v) is 1.59. The molecule has 0 amide bonds. The molecule has 84 valence electrons. The van der Waals surface area contributed by atoms with Gasteiger partial charge in [0.25, 0.3) is 0 Å². The predicted molar refractivity (Wildman–Crippen MR) is 59.7 cm³/mol. The van der Waals surface area contributed by atoms with E-state index in [1.807, 2.05) is 0 Å². The zero-order valence-corrected chi connectivity index (χ0v) is 10.0. The molecule has 2 rings (SSSR count). The lowest BCUT2D eigenvalue weighted by Gasteiger charge is -2.02. The van der Waals surface area contributed by atoms with Gasteiger partial charge in [0.1, 0.15) is 17.2 Å². The van der Waals surface area contributed by atoms with Gasteiger partial charge in [-0.15, -0.1) is 5.10 Å². The summed E-state index contributed by atoms with van der Waals surface area (Å²) in [5, 5.41) is 16.8. The Morgan fingerprint density at radius 2 is 2.25 bits per heavy atom. The Kier molecular flexibility index (Phi) is 3.02. The van der Waals surface area contributed by atoms with Gasteiger partial charge < -0.3 is 5.11 Å². The van der Waals surface area contributed by atoms with Crippen molar-refractivity contribution in [2.24, 2.45) is 0 Å². The highest BCUT2D eigenvalue weighted by molar-refractivity contribution is 9.10. The van der Waals surface area contributed by atoms with Crippen LogP contribution in [0.1, 0.15) is 18.7 Å². The van der Waals surface area contributed by atoms with Crippen LogP contribution in [0.15, 0.2) is 28.9 Å². The highest BCUT2D eigenvalue weighted by Gasteiger charge is 2.10. The lowest BCUT2D eigenvalue weighted by Crippen LogP contribution is -1.98. The van der Waals surface area contributed by atoms with Gasteiger partial charge in [0.15, 0.2) is 0 Å². The van der Waals surface area contributed by atoms with Crippen LogP contribution in [0.3, 0.4) is 0 Å². The van der Waals surface area contributed by atoms with Gasteiger partial charge in [-0.1, -0.05) is 21.1 Å². The molecule has 0 saturated carbocycles. The van der Waals surface area contributed by atoms with Gasteiger partial charge in [0, 0.05) is 4.47 Å². The minimum atomic E-state index is -0.716. The number of aromatic nitrogens is 3. The SMILES string of the molecule is CC(O)c1cn(-c2ccc(Br)cc2F)nn1. The minimum Gasteiger partial charge on any atom is -0.387 e. The molecular formula is C10H9BrFN3O. The van der Waals surface area contributed by atoms with E-state index in [1.165, 1.54) is 16.9 Å². The van der Waals surface area contributed by atoms with Crippen LogP contribution in [0.5, 0.6) is 0 Å². The van der Waals surface area contributed by atoms with E-state index in [1.54, 1.807) is 19.1 Å². The van der Waals surface area contributed by atoms with Crippen molar-refractivity contribution in [3.8, 4) is 5.69 Å². The Morgan fingerprint density at radius 3 is 2.81 bits per heavy atom. The monoisotopic (exact) mass is 285 g/mol. The highest BCUT2D eigenvalue weighted by Crippen LogP contribution is 2.19. The number of hydrogen-bond acceptors (Lipinski definition) is 3. The first-order valence-corrected chi connectivity index (χ1v) is 5.43. The van der Waals surface area contributed by atoms with Crippen LogP contribution in [0, 0.1) is 5.82 Å². The molecule has 1 heterocycles. The Bertz CT molecular complexity index is 513. The molecule has 6 heteroatoms. The molecule has 1 N–H and O–H groups in total. The van der Waals surface area contributed by atoms with E-state index in [0.717, 1.165) is 0 Å². The van der Waals surface area contributed by atoms with Crippen LogP contribution in [0.25, 0.3) is 5.69 Å². The van der Waals surface area contributed by atoms with Crippen molar-refractivity contribution in [1.82, 2.24) is 15.0 Å². The van der Waals surface area contributed by atoms with Gasteiger partial charge in [-0.25, -0.2) is 9.07 Å². The Morgan fingerprint density at radius 1 is 1.50 bits per heavy atom. The molecule has 0 aliphatic carbocycles. The second kappa shape index (κ2) is 4.31. The van der Waals surface area contributed by atoms with Gasteiger partial charge in [-0.2, -0.15) is 0 Å². The zero-order chi connectivity index (χ0) is 11.7. The van der Waals surface area contributed by atoms with Crippen molar-refractivity contribution >= 4 is 15.9 Å². The number of rotatable bonds is 2. The van der Waals surface area contributed by atoms with Crippen LogP contribution in [0.4, 0.5) is 4.39 Å². The van der Waals surface area contributed by atoms with E-state index >= 15 is 0 Å². The van der Waals surface area contributed by atoms with E-state index in [4.69, 9.17) is 0 Å². The summed E-state index contributed by atoms with van der Waals surface area (Å²) in [6.45, 7) is 1.58. The number of benzene rings is 1. The number of aliphatic hydroxyl groups excluding tert-OH is 1. The molecule has 2 aromatic rings. The van der Waals surface area contributed by atoms with Gasteiger partial charge in [-0.3, -0.25) is 0 Å². The van der Waals surface area contributed by atoms with Crippen LogP contribution < -0.4 is 0 Å². The molecule has 0 aliphatic heterocycles. The van der Waals surface area contributed by atoms with Crippen LogP contribution in [0.2, 0.25) is 0 Å². The second-order valence-corrected chi connectivity index (χ2v) is 4.28. The molecule has 0 bridgehead atoms. The van der Waals surface area contributed by atoms with Crippen molar-refractivity contribution in [1.29, 1.82) is 0 Å².